The highest BCUT2D eigenvalue weighted by Crippen LogP contribution is 2.27. The zero-order chi connectivity index (χ0) is 16.2. The van der Waals surface area contributed by atoms with E-state index >= 15 is 0 Å². The second kappa shape index (κ2) is 6.62. The summed E-state index contributed by atoms with van der Waals surface area (Å²) in [6.07, 6.45) is 1.95. The highest BCUT2D eigenvalue weighted by Gasteiger charge is 2.28. The van der Waals surface area contributed by atoms with Crippen LogP contribution in [0.25, 0.3) is 0 Å². The van der Waals surface area contributed by atoms with Gasteiger partial charge in [0.2, 0.25) is 0 Å². The first-order valence-corrected chi connectivity index (χ1v) is 7.32. The lowest BCUT2D eigenvalue weighted by atomic mass is 10.2. The highest BCUT2D eigenvalue weighted by atomic mass is 16.6. The second-order valence-electron chi connectivity index (χ2n) is 5.27. The summed E-state index contributed by atoms with van der Waals surface area (Å²) in [7, 11) is 0. The maximum Gasteiger partial charge on any atom is 0.338 e. The molecule has 0 saturated carbocycles. The van der Waals surface area contributed by atoms with Crippen LogP contribution in [-0.4, -0.2) is 28.2 Å². The fourth-order valence-corrected chi connectivity index (χ4v) is 2.49. The van der Waals surface area contributed by atoms with Gasteiger partial charge in [0.15, 0.2) is 0 Å². The Bertz CT molecular complexity index is 796. The van der Waals surface area contributed by atoms with E-state index in [1.54, 1.807) is 24.3 Å². The maximum atomic E-state index is 11.9. The van der Waals surface area contributed by atoms with Gasteiger partial charge in [0, 0.05) is 12.3 Å². The van der Waals surface area contributed by atoms with Gasteiger partial charge in [-0.3, -0.25) is 14.3 Å². The van der Waals surface area contributed by atoms with Crippen molar-refractivity contribution < 1.29 is 14.3 Å². The third-order valence-corrected chi connectivity index (χ3v) is 3.66. The number of aromatic nitrogens is 2. The van der Waals surface area contributed by atoms with Gasteiger partial charge in [0.1, 0.15) is 12.8 Å². The Labute approximate surface area is 131 Å². The summed E-state index contributed by atoms with van der Waals surface area (Å²) in [6, 6.07) is 9.99. The van der Waals surface area contributed by atoms with Crippen LogP contribution in [0.2, 0.25) is 0 Å². The molecule has 1 aliphatic rings. The molecule has 3 rings (SSSR count). The number of rotatable bonds is 4. The fourth-order valence-electron chi connectivity index (χ4n) is 2.49. The largest absolute Gasteiger partial charge is 0.459 e. The minimum atomic E-state index is -0.510. The van der Waals surface area contributed by atoms with Crippen LogP contribution in [0.4, 0.5) is 0 Å². The van der Waals surface area contributed by atoms with Crippen LogP contribution in [0.15, 0.2) is 52.2 Å². The molecule has 1 aliphatic heterocycles. The monoisotopic (exact) mass is 316 g/mol. The van der Waals surface area contributed by atoms with E-state index in [0.29, 0.717) is 18.4 Å². The number of nitrogens with zero attached hydrogens (tertiary/aromatic N) is 1. The highest BCUT2D eigenvalue weighted by molar-refractivity contribution is 5.89. The Morgan fingerprint density at radius 3 is 2.74 bits per heavy atom. The summed E-state index contributed by atoms with van der Waals surface area (Å²) in [5.74, 6) is -0.404. The third kappa shape index (κ3) is 3.57. The smallest absolute Gasteiger partial charge is 0.338 e. The van der Waals surface area contributed by atoms with E-state index in [2.05, 4.69) is 4.98 Å². The van der Waals surface area contributed by atoms with Gasteiger partial charge in [-0.25, -0.2) is 9.59 Å². The summed E-state index contributed by atoms with van der Waals surface area (Å²) >= 11 is 0. The van der Waals surface area contributed by atoms with Gasteiger partial charge in [0.25, 0.3) is 5.56 Å². The molecule has 2 heterocycles. The van der Waals surface area contributed by atoms with E-state index in [-0.39, 0.29) is 12.7 Å². The minimum absolute atomic E-state index is 0.127. The fraction of sp³-hybridized carbons (Fsp3) is 0.312. The van der Waals surface area contributed by atoms with Gasteiger partial charge in [-0.1, -0.05) is 18.2 Å². The van der Waals surface area contributed by atoms with Crippen LogP contribution in [0.1, 0.15) is 29.4 Å². The number of hydrogen-bond acceptors (Lipinski definition) is 5. The van der Waals surface area contributed by atoms with Crippen LogP contribution in [0.5, 0.6) is 0 Å². The number of carbonyl (C=O) groups excluding carboxylic acids is 1. The molecule has 120 valence electrons. The molecular formula is C16H16N2O5. The predicted molar refractivity (Wildman–Crippen MR) is 81.2 cm³/mol. The summed E-state index contributed by atoms with van der Waals surface area (Å²) in [6.45, 7) is 0.127. The van der Waals surface area contributed by atoms with Crippen LogP contribution in [-0.2, 0) is 9.47 Å². The van der Waals surface area contributed by atoms with E-state index in [1.165, 1.54) is 16.8 Å². The Balaban J connectivity index is 1.57. The van der Waals surface area contributed by atoms with Crippen LogP contribution in [0, 0.1) is 0 Å². The number of carbonyl (C=O) groups is 1. The van der Waals surface area contributed by atoms with Crippen molar-refractivity contribution in [2.24, 2.45) is 0 Å². The second-order valence-corrected chi connectivity index (χ2v) is 5.27. The number of ether oxygens (including phenoxy) is 2. The zero-order valence-electron chi connectivity index (χ0n) is 12.3. The Morgan fingerprint density at radius 1 is 1.22 bits per heavy atom. The van der Waals surface area contributed by atoms with E-state index in [9.17, 15) is 14.4 Å². The molecule has 1 saturated heterocycles. The molecule has 1 fully saturated rings. The Kier molecular flexibility index (Phi) is 4.38. The van der Waals surface area contributed by atoms with Crippen molar-refractivity contribution in [1.82, 2.24) is 9.55 Å². The van der Waals surface area contributed by atoms with E-state index < -0.39 is 23.4 Å². The standard InChI is InChI=1S/C16H16N2O5/c19-13-8-9-18(16(21)17-13)14-7-6-12(23-14)10-22-15(20)11-4-2-1-3-5-11/h1-5,8-9,12,14H,6-7,10H2,(H,17,19,21). The number of benzene rings is 1. The topological polar surface area (TPSA) is 90.4 Å². The number of hydrogen-bond donors (Lipinski definition) is 1. The molecule has 2 aromatic rings. The number of H-pyrrole nitrogens is 1. The molecular weight excluding hydrogens is 300 g/mol. The van der Waals surface area contributed by atoms with Crippen molar-refractivity contribution in [3.63, 3.8) is 0 Å². The molecule has 7 nitrogen and oxygen atoms in total. The van der Waals surface area contributed by atoms with Gasteiger partial charge in [-0.2, -0.15) is 0 Å². The number of aromatic amines is 1. The summed E-state index contributed by atoms with van der Waals surface area (Å²) < 4.78 is 12.3. The Hall–Kier alpha value is -2.67. The first-order valence-electron chi connectivity index (χ1n) is 7.32. The lowest BCUT2D eigenvalue weighted by Gasteiger charge is -2.15. The average Bonchev–Trinajstić information content (AvgIpc) is 3.02. The van der Waals surface area contributed by atoms with Crippen molar-refractivity contribution in [2.45, 2.75) is 25.2 Å². The molecule has 1 aromatic heterocycles. The van der Waals surface area contributed by atoms with Crippen molar-refractivity contribution in [3.05, 3.63) is 69.0 Å². The molecule has 23 heavy (non-hydrogen) atoms. The van der Waals surface area contributed by atoms with Gasteiger partial charge in [-0.05, 0) is 25.0 Å². The molecule has 2 atom stereocenters. The first kappa shape index (κ1) is 15.2. The van der Waals surface area contributed by atoms with Crippen molar-refractivity contribution in [3.8, 4) is 0 Å². The molecule has 0 radical (unpaired) electrons. The summed E-state index contributed by atoms with van der Waals surface area (Å²) in [4.78, 5) is 36.9. The van der Waals surface area contributed by atoms with E-state index in [1.807, 2.05) is 6.07 Å². The third-order valence-electron chi connectivity index (χ3n) is 3.66. The lowest BCUT2D eigenvalue weighted by molar-refractivity contribution is -0.0340. The number of esters is 1. The van der Waals surface area contributed by atoms with Gasteiger partial charge in [-0.15, -0.1) is 0 Å². The molecule has 0 amide bonds. The SMILES string of the molecule is O=C(OCC1CCC(n2ccc(=O)[nH]c2=O)O1)c1ccccc1. The molecule has 1 aromatic carbocycles. The minimum Gasteiger partial charge on any atom is -0.459 e. The lowest BCUT2D eigenvalue weighted by Crippen LogP contribution is -2.31. The van der Waals surface area contributed by atoms with Crippen LogP contribution >= 0.6 is 0 Å². The molecule has 1 N–H and O–H groups in total. The van der Waals surface area contributed by atoms with E-state index in [4.69, 9.17) is 9.47 Å². The van der Waals surface area contributed by atoms with Gasteiger partial charge >= 0.3 is 11.7 Å². The zero-order valence-corrected chi connectivity index (χ0v) is 12.3. The molecule has 0 bridgehead atoms. The average molecular weight is 316 g/mol. The normalized spacial score (nSPS) is 20.3. The summed E-state index contributed by atoms with van der Waals surface area (Å²) in [5.41, 5.74) is -0.471. The maximum absolute atomic E-state index is 11.9. The number of nitrogens with one attached hydrogen (secondary N) is 1. The molecule has 7 heteroatoms. The van der Waals surface area contributed by atoms with Crippen molar-refractivity contribution >= 4 is 5.97 Å². The van der Waals surface area contributed by atoms with Crippen molar-refractivity contribution in [2.75, 3.05) is 6.61 Å². The quantitative estimate of drug-likeness (QED) is 0.852. The van der Waals surface area contributed by atoms with E-state index in [0.717, 1.165) is 0 Å². The first-order chi connectivity index (χ1) is 11.1. The molecule has 0 spiro atoms. The van der Waals surface area contributed by atoms with Gasteiger partial charge < -0.3 is 9.47 Å². The van der Waals surface area contributed by atoms with Crippen LogP contribution in [0.3, 0.4) is 0 Å². The predicted octanol–water partition coefficient (Wildman–Crippen LogP) is 1.07. The molecule has 0 aliphatic carbocycles. The summed E-state index contributed by atoms with van der Waals surface area (Å²) in [5, 5.41) is 0. The molecule has 2 unspecified atom stereocenters. The van der Waals surface area contributed by atoms with Gasteiger partial charge in [0.05, 0.1) is 11.7 Å². The van der Waals surface area contributed by atoms with Crippen molar-refractivity contribution in [1.29, 1.82) is 0 Å². The Morgan fingerprint density at radius 2 is 2.00 bits per heavy atom. The van der Waals surface area contributed by atoms with Crippen LogP contribution < -0.4 is 11.2 Å².